The maximum atomic E-state index is 11.7. The quantitative estimate of drug-likeness (QED) is 0.244. The molecule has 6 heteroatoms. The molecule has 0 amide bonds. The number of hydrogen-bond donors (Lipinski definition) is 1. The van der Waals surface area contributed by atoms with Crippen LogP contribution >= 0.6 is 0 Å². The van der Waals surface area contributed by atoms with E-state index in [4.69, 9.17) is 19.3 Å². The maximum Gasteiger partial charge on any atom is 0.333 e. The predicted molar refractivity (Wildman–Crippen MR) is 133 cm³/mol. The van der Waals surface area contributed by atoms with Gasteiger partial charge in [-0.15, -0.1) is 0 Å². The van der Waals surface area contributed by atoms with Crippen LogP contribution in [0.4, 0.5) is 0 Å². The highest BCUT2D eigenvalue weighted by molar-refractivity contribution is 5.87. The molecule has 182 valence electrons. The van der Waals surface area contributed by atoms with Crippen molar-refractivity contribution in [1.82, 2.24) is 0 Å². The molecule has 6 nitrogen and oxygen atoms in total. The van der Waals surface area contributed by atoms with Gasteiger partial charge in [-0.3, -0.25) is 0 Å². The monoisotopic (exact) mass is 466 g/mol. The molecule has 0 spiro atoms. The minimum absolute atomic E-state index is 0.0618. The van der Waals surface area contributed by atoms with E-state index in [0.717, 1.165) is 35.1 Å². The molecule has 0 radical (unpaired) electrons. The zero-order chi connectivity index (χ0) is 24.9. The highest BCUT2D eigenvalue weighted by Crippen LogP contribution is 2.28. The zero-order valence-corrected chi connectivity index (χ0v) is 20.1. The third-order valence-corrected chi connectivity index (χ3v) is 5.05. The lowest BCUT2D eigenvalue weighted by Gasteiger charge is -2.14. The third kappa shape index (κ3) is 8.87. The zero-order valence-electron chi connectivity index (χ0n) is 20.1. The average Bonchev–Trinajstić information content (AvgIpc) is 2.82. The number of esters is 2. The van der Waals surface area contributed by atoms with E-state index in [1.165, 1.54) is 0 Å². The van der Waals surface area contributed by atoms with Crippen LogP contribution in [0.2, 0.25) is 0 Å². The molecule has 0 aliphatic rings. The van der Waals surface area contributed by atoms with Crippen molar-refractivity contribution in [2.24, 2.45) is 0 Å². The van der Waals surface area contributed by atoms with E-state index < -0.39 is 5.97 Å². The topological polar surface area (TPSA) is 82.1 Å². The highest BCUT2D eigenvalue weighted by Gasteiger charge is 2.10. The van der Waals surface area contributed by atoms with Crippen molar-refractivity contribution in [3.63, 3.8) is 0 Å². The second kappa shape index (κ2) is 14.0. The Morgan fingerprint density at radius 3 is 2.03 bits per heavy atom. The SMILES string of the molecule is C=C(C)C(=O)OCCCc1ccc(-c2ccc(OCCCO)c(CCOC(=O)C(=C)C)c2)cc1. The van der Waals surface area contributed by atoms with Crippen molar-refractivity contribution in [2.45, 2.75) is 39.5 Å². The average molecular weight is 467 g/mol. The van der Waals surface area contributed by atoms with Gasteiger partial charge in [-0.1, -0.05) is 43.5 Å². The summed E-state index contributed by atoms with van der Waals surface area (Å²) in [7, 11) is 0. The summed E-state index contributed by atoms with van der Waals surface area (Å²) < 4.78 is 16.2. The standard InChI is InChI=1S/C28H34O6/c1-20(2)27(30)33-16-5-7-22-8-10-23(11-9-22)24-12-13-26(32-17-6-15-29)25(19-24)14-18-34-28(31)21(3)4/h8-13,19,29H,1,3,5-7,14-18H2,2,4H3. The molecule has 0 unspecified atom stereocenters. The van der Waals surface area contributed by atoms with Gasteiger partial charge in [-0.05, 0) is 61.1 Å². The van der Waals surface area contributed by atoms with Gasteiger partial charge < -0.3 is 19.3 Å². The molecule has 2 rings (SSSR count). The van der Waals surface area contributed by atoms with Crippen LogP contribution in [0.25, 0.3) is 11.1 Å². The summed E-state index contributed by atoms with van der Waals surface area (Å²) in [6.07, 6.45) is 2.59. The summed E-state index contributed by atoms with van der Waals surface area (Å²) >= 11 is 0. The minimum atomic E-state index is -0.413. The van der Waals surface area contributed by atoms with Gasteiger partial charge in [0.1, 0.15) is 5.75 Å². The number of aryl methyl sites for hydroxylation is 1. The van der Waals surface area contributed by atoms with E-state index >= 15 is 0 Å². The first kappa shape index (κ1) is 26.9. The molecule has 0 bridgehead atoms. The Balaban J connectivity index is 2.04. The fourth-order valence-corrected chi connectivity index (χ4v) is 3.15. The molecule has 0 heterocycles. The minimum Gasteiger partial charge on any atom is -0.493 e. The molecule has 0 fully saturated rings. The second-order valence-corrected chi connectivity index (χ2v) is 8.13. The van der Waals surface area contributed by atoms with E-state index in [9.17, 15) is 9.59 Å². The van der Waals surface area contributed by atoms with Gasteiger partial charge in [0.2, 0.25) is 0 Å². The lowest BCUT2D eigenvalue weighted by Crippen LogP contribution is -2.09. The lowest BCUT2D eigenvalue weighted by atomic mass is 9.99. The summed E-state index contributed by atoms with van der Waals surface area (Å²) in [6.45, 7) is 11.5. The molecule has 0 aliphatic carbocycles. The maximum absolute atomic E-state index is 11.7. The van der Waals surface area contributed by atoms with Gasteiger partial charge in [0, 0.05) is 30.6 Å². The van der Waals surface area contributed by atoms with Crippen LogP contribution in [0, 0.1) is 0 Å². The van der Waals surface area contributed by atoms with Gasteiger partial charge in [0.15, 0.2) is 0 Å². The van der Waals surface area contributed by atoms with E-state index in [2.05, 4.69) is 37.4 Å². The first-order valence-corrected chi connectivity index (χ1v) is 11.4. The Morgan fingerprint density at radius 2 is 1.41 bits per heavy atom. The van der Waals surface area contributed by atoms with Gasteiger partial charge in [0.25, 0.3) is 0 Å². The summed E-state index contributed by atoms with van der Waals surface area (Å²) in [4.78, 5) is 23.1. The number of hydrogen-bond acceptors (Lipinski definition) is 6. The number of aliphatic hydroxyl groups excluding tert-OH is 1. The molecule has 2 aromatic rings. The van der Waals surface area contributed by atoms with E-state index in [-0.39, 0.29) is 19.2 Å². The van der Waals surface area contributed by atoms with E-state index in [1.807, 2.05) is 18.2 Å². The summed E-state index contributed by atoms with van der Waals surface area (Å²) in [6, 6.07) is 14.2. The van der Waals surface area contributed by atoms with Gasteiger partial charge in [-0.25, -0.2) is 9.59 Å². The lowest BCUT2D eigenvalue weighted by molar-refractivity contribution is -0.139. The Morgan fingerprint density at radius 1 is 0.794 bits per heavy atom. The Kier molecular flexibility index (Phi) is 11.1. The molecule has 0 atom stereocenters. The summed E-state index contributed by atoms with van der Waals surface area (Å²) in [5, 5.41) is 9.03. The molecular weight excluding hydrogens is 432 g/mol. The van der Waals surface area contributed by atoms with E-state index in [0.29, 0.717) is 43.0 Å². The first-order valence-electron chi connectivity index (χ1n) is 11.4. The molecule has 34 heavy (non-hydrogen) atoms. The van der Waals surface area contributed by atoms with Gasteiger partial charge in [0.05, 0.1) is 19.8 Å². The fraction of sp³-hybridized carbons (Fsp3) is 0.357. The fourth-order valence-electron chi connectivity index (χ4n) is 3.15. The van der Waals surface area contributed by atoms with Crippen molar-refractivity contribution < 1.29 is 28.9 Å². The van der Waals surface area contributed by atoms with Crippen molar-refractivity contribution >= 4 is 11.9 Å². The Hall–Kier alpha value is -3.38. The number of aliphatic hydroxyl groups is 1. The molecular formula is C28H34O6. The van der Waals surface area contributed by atoms with Gasteiger partial charge >= 0.3 is 11.9 Å². The third-order valence-electron chi connectivity index (χ3n) is 5.05. The Labute approximate surface area is 201 Å². The molecule has 0 aromatic heterocycles. The van der Waals surface area contributed by atoms with Crippen molar-refractivity contribution in [3.8, 4) is 16.9 Å². The number of carbonyl (C=O) groups excluding carboxylic acids is 2. The van der Waals surface area contributed by atoms with Crippen LogP contribution < -0.4 is 4.74 Å². The van der Waals surface area contributed by atoms with Crippen LogP contribution in [0.1, 0.15) is 37.8 Å². The van der Waals surface area contributed by atoms with Crippen molar-refractivity contribution in [3.05, 3.63) is 77.9 Å². The Bertz CT molecular complexity index is 990. The second-order valence-electron chi connectivity index (χ2n) is 8.13. The van der Waals surface area contributed by atoms with Gasteiger partial charge in [-0.2, -0.15) is 0 Å². The molecule has 1 N–H and O–H groups in total. The van der Waals surface area contributed by atoms with E-state index in [1.54, 1.807) is 13.8 Å². The number of benzene rings is 2. The summed E-state index contributed by atoms with van der Waals surface area (Å²) in [5.74, 6) is -0.0577. The molecule has 0 saturated carbocycles. The predicted octanol–water partition coefficient (Wildman–Crippen LogP) is 4.83. The van der Waals surface area contributed by atoms with Crippen LogP contribution in [0.5, 0.6) is 5.75 Å². The number of rotatable bonds is 14. The first-order chi connectivity index (χ1) is 16.3. The molecule has 0 saturated heterocycles. The normalized spacial score (nSPS) is 10.4. The molecule has 0 aliphatic heterocycles. The number of ether oxygens (including phenoxy) is 3. The highest BCUT2D eigenvalue weighted by atomic mass is 16.5. The van der Waals surface area contributed by atoms with Crippen LogP contribution in [-0.4, -0.2) is 43.5 Å². The van der Waals surface area contributed by atoms with Crippen LogP contribution in [0.3, 0.4) is 0 Å². The summed E-state index contributed by atoms with van der Waals surface area (Å²) in [5.41, 5.74) is 4.93. The molecule has 2 aromatic carbocycles. The van der Waals surface area contributed by atoms with Crippen molar-refractivity contribution in [1.29, 1.82) is 0 Å². The van der Waals surface area contributed by atoms with Crippen molar-refractivity contribution in [2.75, 3.05) is 26.4 Å². The number of carbonyl (C=O) groups is 2. The smallest absolute Gasteiger partial charge is 0.333 e. The largest absolute Gasteiger partial charge is 0.493 e. The van der Waals surface area contributed by atoms with Crippen LogP contribution in [-0.2, 0) is 31.9 Å². The van der Waals surface area contributed by atoms with Crippen LogP contribution in [0.15, 0.2) is 66.8 Å².